The molecule has 0 aliphatic carbocycles. The van der Waals surface area contributed by atoms with Crippen molar-refractivity contribution in [3.05, 3.63) is 65.5 Å². The van der Waals surface area contributed by atoms with Gasteiger partial charge in [-0.2, -0.15) is 0 Å². The Morgan fingerprint density at radius 2 is 1.67 bits per heavy atom. The molecule has 1 N–H and O–H groups in total. The molecule has 0 unspecified atom stereocenters. The first kappa shape index (κ1) is 20.6. The van der Waals surface area contributed by atoms with Gasteiger partial charge in [-0.05, 0) is 41.2 Å². The summed E-state index contributed by atoms with van der Waals surface area (Å²) in [4.78, 5) is 25.7. The molecule has 144 valence electrons. The predicted octanol–water partition coefficient (Wildman–Crippen LogP) is 3.84. The van der Waals surface area contributed by atoms with Crippen LogP contribution in [0.2, 0.25) is 0 Å². The molecule has 0 radical (unpaired) electrons. The molecule has 2 rings (SSSR count). The lowest BCUT2D eigenvalue weighted by atomic mass is 9.87. The number of hydrogen-bond acceptors (Lipinski definition) is 2. The van der Waals surface area contributed by atoms with Crippen LogP contribution in [0.4, 0.5) is 10.1 Å². The van der Waals surface area contributed by atoms with Gasteiger partial charge in [0.25, 0.3) is 0 Å². The Labute approximate surface area is 160 Å². The summed E-state index contributed by atoms with van der Waals surface area (Å²) in [7, 11) is 0. The summed E-state index contributed by atoms with van der Waals surface area (Å²) in [5.41, 5.74) is 2.41. The van der Waals surface area contributed by atoms with Crippen LogP contribution in [0.25, 0.3) is 0 Å². The molecule has 0 saturated heterocycles. The van der Waals surface area contributed by atoms with Crippen molar-refractivity contribution >= 4 is 17.5 Å². The molecular formula is C22H27FN2O2. The van der Waals surface area contributed by atoms with Crippen molar-refractivity contribution in [2.24, 2.45) is 0 Å². The molecule has 0 heterocycles. The monoisotopic (exact) mass is 370 g/mol. The van der Waals surface area contributed by atoms with Crippen molar-refractivity contribution in [3.63, 3.8) is 0 Å². The van der Waals surface area contributed by atoms with Crippen LogP contribution in [0.5, 0.6) is 0 Å². The average molecular weight is 370 g/mol. The minimum atomic E-state index is -0.281. The molecule has 0 fully saturated rings. The Morgan fingerprint density at radius 3 is 2.22 bits per heavy atom. The van der Waals surface area contributed by atoms with Gasteiger partial charge >= 0.3 is 0 Å². The number of amides is 2. The van der Waals surface area contributed by atoms with E-state index < -0.39 is 0 Å². The van der Waals surface area contributed by atoms with Crippen LogP contribution in [0, 0.1) is 5.82 Å². The molecule has 0 aliphatic heterocycles. The zero-order chi connectivity index (χ0) is 20.0. The van der Waals surface area contributed by atoms with Crippen LogP contribution >= 0.6 is 0 Å². The van der Waals surface area contributed by atoms with Gasteiger partial charge in [0.2, 0.25) is 11.8 Å². The SMILES string of the molecule is CC(=O)N(CC(=O)NCCc1ccccc1F)c1ccc(C(C)(C)C)cc1. The molecule has 0 atom stereocenters. The highest BCUT2D eigenvalue weighted by Gasteiger charge is 2.18. The Bertz CT molecular complexity index is 795. The van der Waals surface area contributed by atoms with Gasteiger partial charge in [-0.25, -0.2) is 4.39 Å². The average Bonchev–Trinajstić information content (AvgIpc) is 2.60. The second kappa shape index (κ2) is 8.80. The molecule has 2 aromatic rings. The molecule has 0 aliphatic rings. The third kappa shape index (κ3) is 5.91. The summed E-state index contributed by atoms with van der Waals surface area (Å²) in [6.07, 6.45) is 0.402. The minimum Gasteiger partial charge on any atom is -0.354 e. The summed E-state index contributed by atoms with van der Waals surface area (Å²) in [6.45, 7) is 8.04. The van der Waals surface area contributed by atoms with E-state index in [2.05, 4.69) is 26.1 Å². The van der Waals surface area contributed by atoms with Gasteiger partial charge in [0.05, 0.1) is 0 Å². The Kier molecular flexibility index (Phi) is 6.72. The highest BCUT2D eigenvalue weighted by molar-refractivity contribution is 5.97. The summed E-state index contributed by atoms with van der Waals surface area (Å²) in [6, 6.07) is 14.1. The molecule has 4 nitrogen and oxygen atoms in total. The van der Waals surface area contributed by atoms with Crippen molar-refractivity contribution in [2.75, 3.05) is 18.0 Å². The van der Waals surface area contributed by atoms with E-state index in [1.54, 1.807) is 18.2 Å². The van der Waals surface area contributed by atoms with Gasteiger partial charge in [0.15, 0.2) is 0 Å². The molecule has 5 heteroatoms. The molecule has 0 spiro atoms. The number of nitrogens with one attached hydrogen (secondary N) is 1. The third-order valence-corrected chi connectivity index (χ3v) is 4.40. The smallest absolute Gasteiger partial charge is 0.240 e. The fourth-order valence-corrected chi connectivity index (χ4v) is 2.76. The second-order valence-electron chi connectivity index (χ2n) is 7.59. The third-order valence-electron chi connectivity index (χ3n) is 4.40. The molecule has 0 bridgehead atoms. The largest absolute Gasteiger partial charge is 0.354 e. The maximum atomic E-state index is 13.6. The highest BCUT2D eigenvalue weighted by Crippen LogP contribution is 2.25. The summed E-state index contributed by atoms with van der Waals surface area (Å²) >= 11 is 0. The minimum absolute atomic E-state index is 0.0175. The Hall–Kier alpha value is -2.69. The van der Waals surface area contributed by atoms with Crippen LogP contribution in [-0.4, -0.2) is 24.9 Å². The molecular weight excluding hydrogens is 343 g/mol. The summed E-state index contributed by atoms with van der Waals surface area (Å²) in [5.74, 6) is -0.764. The Balaban J connectivity index is 1.96. The second-order valence-corrected chi connectivity index (χ2v) is 7.59. The lowest BCUT2D eigenvalue weighted by Crippen LogP contribution is -2.40. The number of carbonyl (C=O) groups excluding carboxylic acids is 2. The van der Waals surface area contributed by atoms with E-state index in [0.717, 1.165) is 5.56 Å². The molecule has 2 amide bonds. The lowest BCUT2D eigenvalue weighted by Gasteiger charge is -2.23. The van der Waals surface area contributed by atoms with E-state index in [9.17, 15) is 14.0 Å². The van der Waals surface area contributed by atoms with Crippen LogP contribution in [0.1, 0.15) is 38.8 Å². The van der Waals surface area contributed by atoms with Gasteiger partial charge in [0.1, 0.15) is 12.4 Å². The van der Waals surface area contributed by atoms with E-state index in [-0.39, 0.29) is 29.6 Å². The zero-order valence-electron chi connectivity index (χ0n) is 16.4. The van der Waals surface area contributed by atoms with Gasteiger partial charge in [-0.1, -0.05) is 51.1 Å². The maximum Gasteiger partial charge on any atom is 0.240 e. The van der Waals surface area contributed by atoms with Crippen molar-refractivity contribution in [1.82, 2.24) is 5.32 Å². The predicted molar refractivity (Wildman–Crippen MR) is 106 cm³/mol. The van der Waals surface area contributed by atoms with Crippen molar-refractivity contribution < 1.29 is 14.0 Å². The van der Waals surface area contributed by atoms with Gasteiger partial charge in [-0.3, -0.25) is 9.59 Å². The quantitative estimate of drug-likeness (QED) is 0.840. The van der Waals surface area contributed by atoms with Crippen molar-refractivity contribution in [3.8, 4) is 0 Å². The fraction of sp³-hybridized carbons (Fsp3) is 0.364. The van der Waals surface area contributed by atoms with Crippen molar-refractivity contribution in [2.45, 2.75) is 39.5 Å². The van der Waals surface area contributed by atoms with E-state index in [4.69, 9.17) is 0 Å². The highest BCUT2D eigenvalue weighted by atomic mass is 19.1. The van der Waals surface area contributed by atoms with Gasteiger partial charge < -0.3 is 10.2 Å². The van der Waals surface area contributed by atoms with E-state index in [1.807, 2.05) is 24.3 Å². The number of rotatable bonds is 6. The number of halogens is 1. The van der Waals surface area contributed by atoms with Crippen LogP contribution in [0.15, 0.2) is 48.5 Å². The number of anilines is 1. The number of benzene rings is 2. The van der Waals surface area contributed by atoms with Gasteiger partial charge in [-0.15, -0.1) is 0 Å². The normalized spacial score (nSPS) is 11.1. The standard InChI is InChI=1S/C22H27FN2O2/c1-16(26)25(19-11-9-18(10-12-19)22(2,3)4)15-21(27)24-14-13-17-7-5-6-8-20(17)23/h5-12H,13-15H2,1-4H3,(H,24,27). The molecule has 0 saturated carbocycles. The summed E-state index contributed by atoms with van der Waals surface area (Å²) < 4.78 is 13.6. The van der Waals surface area contributed by atoms with E-state index in [1.165, 1.54) is 17.9 Å². The summed E-state index contributed by atoms with van der Waals surface area (Å²) in [5, 5.41) is 2.75. The topological polar surface area (TPSA) is 49.4 Å². The molecule has 2 aromatic carbocycles. The first-order chi connectivity index (χ1) is 12.7. The fourth-order valence-electron chi connectivity index (χ4n) is 2.76. The van der Waals surface area contributed by atoms with E-state index in [0.29, 0.717) is 24.2 Å². The zero-order valence-corrected chi connectivity index (χ0v) is 16.4. The first-order valence-corrected chi connectivity index (χ1v) is 9.07. The molecule has 0 aromatic heterocycles. The number of hydrogen-bond donors (Lipinski definition) is 1. The Morgan fingerprint density at radius 1 is 1.04 bits per heavy atom. The van der Waals surface area contributed by atoms with Crippen LogP contribution in [0.3, 0.4) is 0 Å². The number of nitrogens with zero attached hydrogens (tertiary/aromatic N) is 1. The first-order valence-electron chi connectivity index (χ1n) is 9.07. The van der Waals surface area contributed by atoms with Crippen LogP contribution in [-0.2, 0) is 21.4 Å². The van der Waals surface area contributed by atoms with Crippen LogP contribution < -0.4 is 10.2 Å². The van der Waals surface area contributed by atoms with Crippen molar-refractivity contribution in [1.29, 1.82) is 0 Å². The lowest BCUT2D eigenvalue weighted by molar-refractivity contribution is -0.123. The van der Waals surface area contributed by atoms with Gasteiger partial charge in [0, 0.05) is 19.2 Å². The van der Waals surface area contributed by atoms with E-state index >= 15 is 0 Å². The molecule has 27 heavy (non-hydrogen) atoms. The number of carbonyl (C=O) groups is 2. The maximum absolute atomic E-state index is 13.6.